The minimum absolute atomic E-state index is 0.317. The molecule has 0 aliphatic rings. The summed E-state index contributed by atoms with van der Waals surface area (Å²) in [5.41, 5.74) is 7.39. The lowest BCUT2D eigenvalue weighted by Crippen LogP contribution is -2.14. The first-order chi connectivity index (χ1) is 15.0. The van der Waals surface area contributed by atoms with Crippen LogP contribution in [-0.4, -0.2) is 15.7 Å². The normalized spacial score (nSPS) is 12.3. The van der Waals surface area contributed by atoms with Gasteiger partial charge in [-0.25, -0.2) is 4.68 Å². The van der Waals surface area contributed by atoms with Crippen molar-refractivity contribution in [2.24, 2.45) is 5.73 Å². The molecule has 0 aliphatic carbocycles. The van der Waals surface area contributed by atoms with Crippen LogP contribution in [0, 0.1) is 0 Å². The highest BCUT2D eigenvalue weighted by atomic mass is 35.5. The Hall–Kier alpha value is -2.34. The SMILES string of the molecule is NC(=O)c1nn(-c2c(Cl)cc(C(F)(F)F)cc2Cl)c(N)c1-c1c(Cl)cc(C(F)(F)F)cc1Cl. The molecule has 0 radical (unpaired) electrons. The van der Waals surface area contributed by atoms with E-state index in [0.717, 1.165) is 0 Å². The van der Waals surface area contributed by atoms with Gasteiger partial charge < -0.3 is 11.5 Å². The molecule has 1 aromatic heterocycles. The monoisotopic (exact) mass is 550 g/mol. The second-order valence-corrected chi connectivity index (χ2v) is 8.11. The van der Waals surface area contributed by atoms with Crippen molar-refractivity contribution < 1.29 is 31.1 Å². The number of nitrogens with two attached hydrogens (primary N) is 2. The van der Waals surface area contributed by atoms with E-state index >= 15 is 0 Å². The highest BCUT2D eigenvalue weighted by Gasteiger charge is 2.35. The van der Waals surface area contributed by atoms with E-state index in [9.17, 15) is 31.1 Å². The van der Waals surface area contributed by atoms with E-state index in [1.165, 1.54) is 0 Å². The van der Waals surface area contributed by atoms with Crippen molar-refractivity contribution in [2.45, 2.75) is 12.4 Å². The molecule has 0 fully saturated rings. The summed E-state index contributed by atoms with van der Waals surface area (Å²) in [6, 6.07) is 2.18. The molecule has 33 heavy (non-hydrogen) atoms. The Kier molecular flexibility index (Phi) is 6.48. The largest absolute Gasteiger partial charge is 0.416 e. The fourth-order valence-corrected chi connectivity index (χ4v) is 4.25. The van der Waals surface area contributed by atoms with Crippen LogP contribution >= 0.6 is 46.4 Å². The zero-order valence-electron chi connectivity index (χ0n) is 15.5. The van der Waals surface area contributed by atoms with E-state index in [1.54, 1.807) is 0 Å². The first kappa shape index (κ1) is 25.3. The second kappa shape index (κ2) is 8.46. The predicted molar refractivity (Wildman–Crippen MR) is 112 cm³/mol. The number of alkyl halides is 6. The van der Waals surface area contributed by atoms with Gasteiger partial charge in [0.05, 0.1) is 36.8 Å². The van der Waals surface area contributed by atoms with Gasteiger partial charge in [-0.15, -0.1) is 0 Å². The van der Waals surface area contributed by atoms with Crippen molar-refractivity contribution in [2.75, 3.05) is 5.73 Å². The molecule has 2 aromatic carbocycles. The number of halogens is 10. The van der Waals surface area contributed by atoms with E-state index in [2.05, 4.69) is 5.10 Å². The standard InChI is InChI=1S/C18H8Cl4F6N4O/c19-7-1-5(17(23,24)25)2-8(20)11(7)12-13(16(30)33)31-32(15(12)29)14-9(21)3-6(4-10(14)22)18(26,27)28/h1-4H,29H2,(H2,30,33). The van der Waals surface area contributed by atoms with Crippen LogP contribution in [0.25, 0.3) is 16.8 Å². The number of anilines is 1. The minimum atomic E-state index is -4.78. The number of carbonyl (C=O) groups is 1. The zero-order chi connectivity index (χ0) is 25.0. The highest BCUT2D eigenvalue weighted by molar-refractivity contribution is 6.40. The number of hydrogen-bond donors (Lipinski definition) is 2. The predicted octanol–water partition coefficient (Wildman–Crippen LogP) is 6.87. The maximum atomic E-state index is 13.1. The van der Waals surface area contributed by atoms with Gasteiger partial charge in [-0.3, -0.25) is 4.79 Å². The molecule has 5 nitrogen and oxygen atoms in total. The lowest BCUT2D eigenvalue weighted by atomic mass is 10.0. The van der Waals surface area contributed by atoms with E-state index < -0.39 is 61.0 Å². The third kappa shape index (κ3) is 4.68. The smallest absolute Gasteiger partial charge is 0.383 e. The molecule has 4 N–H and O–H groups in total. The minimum Gasteiger partial charge on any atom is -0.383 e. The Labute approximate surface area is 200 Å². The molecule has 176 valence electrons. The number of hydrogen-bond acceptors (Lipinski definition) is 3. The van der Waals surface area contributed by atoms with Crippen LogP contribution in [0.4, 0.5) is 32.2 Å². The van der Waals surface area contributed by atoms with Gasteiger partial charge in [0.1, 0.15) is 11.5 Å². The molecule has 0 unspecified atom stereocenters. The average molecular weight is 552 g/mol. The summed E-state index contributed by atoms with van der Waals surface area (Å²) < 4.78 is 79.0. The maximum Gasteiger partial charge on any atom is 0.416 e. The molecule has 15 heteroatoms. The molecule has 3 aromatic rings. The Morgan fingerprint density at radius 3 is 1.55 bits per heavy atom. The van der Waals surface area contributed by atoms with E-state index in [-0.39, 0.29) is 16.8 Å². The van der Waals surface area contributed by atoms with Crippen LogP contribution in [0.2, 0.25) is 20.1 Å². The molecular formula is C18H8Cl4F6N4O. The lowest BCUT2D eigenvalue weighted by Gasteiger charge is -2.14. The van der Waals surface area contributed by atoms with Crippen molar-refractivity contribution in [1.82, 2.24) is 9.78 Å². The number of aromatic nitrogens is 2. The topological polar surface area (TPSA) is 86.9 Å². The van der Waals surface area contributed by atoms with E-state index in [1.807, 2.05) is 0 Å². The van der Waals surface area contributed by atoms with E-state index in [0.29, 0.717) is 28.9 Å². The molecule has 1 heterocycles. The number of primary amides is 1. The number of amides is 1. The van der Waals surface area contributed by atoms with Gasteiger partial charge in [0.2, 0.25) is 0 Å². The van der Waals surface area contributed by atoms with Crippen LogP contribution in [0.1, 0.15) is 21.6 Å². The van der Waals surface area contributed by atoms with Gasteiger partial charge in [-0.1, -0.05) is 46.4 Å². The van der Waals surface area contributed by atoms with Gasteiger partial charge in [-0.05, 0) is 24.3 Å². The molecule has 0 saturated heterocycles. The van der Waals surface area contributed by atoms with Crippen molar-refractivity contribution in [1.29, 1.82) is 0 Å². The van der Waals surface area contributed by atoms with E-state index in [4.69, 9.17) is 57.9 Å². The second-order valence-electron chi connectivity index (χ2n) is 6.48. The molecule has 3 rings (SSSR count). The maximum absolute atomic E-state index is 13.1. The summed E-state index contributed by atoms with van der Waals surface area (Å²) >= 11 is 24.0. The van der Waals surface area contributed by atoms with Crippen molar-refractivity contribution >= 4 is 58.1 Å². The molecule has 0 saturated carbocycles. The first-order valence-corrected chi connectivity index (χ1v) is 9.86. The number of nitrogen functional groups attached to an aromatic ring is 1. The Morgan fingerprint density at radius 2 is 1.18 bits per heavy atom. The molecule has 1 amide bonds. The Balaban J connectivity index is 2.32. The van der Waals surface area contributed by atoms with Crippen LogP contribution in [0.3, 0.4) is 0 Å². The number of benzene rings is 2. The summed E-state index contributed by atoms with van der Waals surface area (Å²) in [5, 5.41) is 1.66. The number of rotatable bonds is 3. The summed E-state index contributed by atoms with van der Waals surface area (Å²) in [6.45, 7) is 0. The summed E-state index contributed by atoms with van der Waals surface area (Å²) in [5.74, 6) is -1.67. The van der Waals surface area contributed by atoms with Gasteiger partial charge in [-0.2, -0.15) is 31.4 Å². The average Bonchev–Trinajstić information content (AvgIpc) is 2.96. The third-order valence-corrected chi connectivity index (χ3v) is 5.50. The van der Waals surface area contributed by atoms with Crippen LogP contribution < -0.4 is 11.5 Å². The van der Waals surface area contributed by atoms with Crippen molar-refractivity contribution in [3.63, 3.8) is 0 Å². The summed E-state index contributed by atoms with van der Waals surface area (Å²) in [4.78, 5) is 12.0. The van der Waals surface area contributed by atoms with Crippen LogP contribution in [0.5, 0.6) is 0 Å². The van der Waals surface area contributed by atoms with Crippen LogP contribution in [0.15, 0.2) is 24.3 Å². The Morgan fingerprint density at radius 1 is 0.788 bits per heavy atom. The van der Waals surface area contributed by atoms with Crippen molar-refractivity contribution in [3.05, 3.63) is 61.2 Å². The molecule has 0 spiro atoms. The number of nitrogens with zero attached hydrogens (tertiary/aromatic N) is 2. The molecule has 0 aliphatic heterocycles. The fourth-order valence-electron chi connectivity index (χ4n) is 2.93. The third-order valence-electron chi connectivity index (χ3n) is 4.33. The zero-order valence-corrected chi connectivity index (χ0v) is 18.6. The highest BCUT2D eigenvalue weighted by Crippen LogP contribution is 2.45. The van der Waals surface area contributed by atoms with Gasteiger partial charge in [0.25, 0.3) is 5.91 Å². The van der Waals surface area contributed by atoms with Crippen LogP contribution in [-0.2, 0) is 12.4 Å². The molecule has 0 bridgehead atoms. The van der Waals surface area contributed by atoms with Gasteiger partial charge >= 0.3 is 12.4 Å². The summed E-state index contributed by atoms with van der Waals surface area (Å²) in [7, 11) is 0. The molecule has 0 atom stereocenters. The number of carbonyl (C=O) groups excluding carboxylic acids is 1. The Bertz CT molecular complexity index is 1240. The van der Waals surface area contributed by atoms with Crippen molar-refractivity contribution in [3.8, 4) is 16.8 Å². The lowest BCUT2D eigenvalue weighted by molar-refractivity contribution is -0.138. The summed E-state index contributed by atoms with van der Waals surface area (Å²) in [6.07, 6.45) is -9.55. The molecular weight excluding hydrogens is 544 g/mol. The quantitative estimate of drug-likeness (QED) is 0.348. The fraction of sp³-hybridized carbons (Fsp3) is 0.111. The van der Waals surface area contributed by atoms with Gasteiger partial charge in [0, 0.05) is 5.56 Å². The first-order valence-electron chi connectivity index (χ1n) is 8.35. The van der Waals surface area contributed by atoms with Gasteiger partial charge in [0.15, 0.2) is 5.69 Å².